The average molecular weight is 209 g/mol. The topological polar surface area (TPSA) is 101 Å². The lowest BCUT2D eigenvalue weighted by Crippen LogP contribution is -2.44. The van der Waals surface area contributed by atoms with Crippen LogP contribution in [0, 0.1) is 0 Å². The van der Waals surface area contributed by atoms with E-state index < -0.39 is 10.2 Å². The first-order valence-corrected chi connectivity index (χ1v) is 5.58. The molecule has 0 saturated carbocycles. The van der Waals surface area contributed by atoms with Crippen molar-refractivity contribution < 1.29 is 13.2 Å². The van der Waals surface area contributed by atoms with Crippen molar-refractivity contribution in [1.82, 2.24) is 10.3 Å². The van der Waals surface area contributed by atoms with E-state index >= 15 is 0 Å². The first kappa shape index (κ1) is 12.3. The van der Waals surface area contributed by atoms with Crippen molar-refractivity contribution in [2.45, 2.75) is 32.6 Å². The highest BCUT2D eigenvalue weighted by Gasteiger charge is 2.04. The molecule has 13 heavy (non-hydrogen) atoms. The molecule has 0 heterocycles. The molecule has 0 aromatic heterocycles. The van der Waals surface area contributed by atoms with Gasteiger partial charge in [-0.2, -0.15) is 8.42 Å². The SMILES string of the molecule is CCCCCC(=O)NNS(N)(=O)=O. The molecule has 0 aromatic rings. The zero-order valence-corrected chi connectivity index (χ0v) is 8.36. The van der Waals surface area contributed by atoms with Gasteiger partial charge in [0.2, 0.25) is 5.91 Å². The molecule has 0 spiro atoms. The minimum absolute atomic E-state index is 0.302. The van der Waals surface area contributed by atoms with Crippen LogP contribution < -0.4 is 15.4 Å². The first-order chi connectivity index (χ1) is 5.95. The molecular formula is C6H15N3O3S. The molecule has 0 bridgehead atoms. The number of nitrogens with one attached hydrogen (secondary N) is 2. The Kier molecular flexibility index (Phi) is 5.60. The van der Waals surface area contributed by atoms with Crippen LogP contribution in [0.4, 0.5) is 0 Å². The Bertz CT molecular complexity index is 250. The number of hydrogen-bond acceptors (Lipinski definition) is 3. The van der Waals surface area contributed by atoms with E-state index in [1.165, 1.54) is 0 Å². The van der Waals surface area contributed by atoms with Crippen LogP contribution in [0.3, 0.4) is 0 Å². The van der Waals surface area contributed by atoms with Gasteiger partial charge in [0.1, 0.15) is 0 Å². The summed E-state index contributed by atoms with van der Waals surface area (Å²) in [6.07, 6.45) is 3.00. The van der Waals surface area contributed by atoms with Crippen LogP contribution in [0.25, 0.3) is 0 Å². The number of nitrogens with two attached hydrogens (primary N) is 1. The molecule has 1 amide bonds. The van der Waals surface area contributed by atoms with Gasteiger partial charge in [0.05, 0.1) is 0 Å². The maximum absolute atomic E-state index is 10.9. The summed E-state index contributed by atoms with van der Waals surface area (Å²) in [7, 11) is -3.83. The van der Waals surface area contributed by atoms with E-state index in [0.717, 1.165) is 19.3 Å². The van der Waals surface area contributed by atoms with E-state index in [1.54, 1.807) is 4.83 Å². The van der Waals surface area contributed by atoms with Gasteiger partial charge in [0, 0.05) is 6.42 Å². The Hall–Kier alpha value is -0.660. The predicted molar refractivity (Wildman–Crippen MR) is 48.5 cm³/mol. The Morgan fingerprint density at radius 2 is 2.00 bits per heavy atom. The first-order valence-electron chi connectivity index (χ1n) is 4.04. The fraction of sp³-hybridized carbons (Fsp3) is 0.833. The third kappa shape index (κ3) is 9.25. The molecule has 0 rings (SSSR count). The van der Waals surface area contributed by atoms with Gasteiger partial charge in [0.25, 0.3) is 10.2 Å². The number of carbonyl (C=O) groups excluding carboxylic acids is 1. The lowest BCUT2D eigenvalue weighted by Gasteiger charge is -2.03. The zero-order chi connectivity index (χ0) is 10.3. The Labute approximate surface area is 78.0 Å². The molecule has 0 unspecified atom stereocenters. The number of amides is 1. The highest BCUT2D eigenvalue weighted by atomic mass is 32.2. The van der Waals surface area contributed by atoms with Crippen molar-refractivity contribution >= 4 is 16.1 Å². The molecular weight excluding hydrogens is 194 g/mol. The summed E-state index contributed by atoms with van der Waals surface area (Å²) in [5, 5.41) is 4.58. The van der Waals surface area contributed by atoms with Crippen LogP contribution >= 0.6 is 0 Å². The van der Waals surface area contributed by atoms with Crippen molar-refractivity contribution in [3.63, 3.8) is 0 Å². The van der Waals surface area contributed by atoms with Gasteiger partial charge in [-0.05, 0) is 6.42 Å². The van der Waals surface area contributed by atoms with E-state index in [-0.39, 0.29) is 5.91 Å². The monoisotopic (exact) mass is 209 g/mol. The van der Waals surface area contributed by atoms with E-state index in [0.29, 0.717) is 6.42 Å². The lowest BCUT2D eigenvalue weighted by molar-refractivity contribution is -0.121. The third-order valence-electron chi connectivity index (χ3n) is 1.34. The van der Waals surface area contributed by atoms with Gasteiger partial charge in [-0.3, -0.25) is 10.2 Å². The molecule has 0 aromatic carbocycles. The molecule has 0 fully saturated rings. The van der Waals surface area contributed by atoms with Crippen LogP contribution in [0.5, 0.6) is 0 Å². The Balaban J connectivity index is 3.53. The molecule has 0 aliphatic heterocycles. The van der Waals surface area contributed by atoms with Gasteiger partial charge in [-0.15, -0.1) is 4.83 Å². The van der Waals surface area contributed by atoms with Crippen molar-refractivity contribution in [3.05, 3.63) is 0 Å². The summed E-state index contributed by atoms with van der Waals surface area (Å²) >= 11 is 0. The number of hydrazine groups is 1. The molecule has 6 nitrogen and oxygen atoms in total. The summed E-state index contributed by atoms with van der Waals surface area (Å²) in [5.41, 5.74) is 1.98. The standard InChI is InChI=1S/C6H15N3O3S/c1-2-3-4-5-6(10)8-9-13(7,11)12/h9H,2-5H2,1H3,(H,8,10)(H2,7,11,12). The van der Waals surface area contributed by atoms with Crippen molar-refractivity contribution in [1.29, 1.82) is 0 Å². The molecule has 0 saturated heterocycles. The summed E-state index contributed by atoms with van der Waals surface area (Å²) < 4.78 is 20.6. The molecule has 7 heteroatoms. The van der Waals surface area contributed by atoms with Crippen LogP contribution in [0.15, 0.2) is 0 Å². The largest absolute Gasteiger partial charge is 0.291 e. The number of carbonyl (C=O) groups is 1. The Morgan fingerprint density at radius 1 is 1.38 bits per heavy atom. The molecule has 0 radical (unpaired) electrons. The van der Waals surface area contributed by atoms with Gasteiger partial charge < -0.3 is 0 Å². The van der Waals surface area contributed by atoms with E-state index in [4.69, 9.17) is 0 Å². The molecule has 0 aliphatic carbocycles. The van der Waals surface area contributed by atoms with Crippen LogP contribution in [0.2, 0.25) is 0 Å². The quantitative estimate of drug-likeness (QED) is 0.402. The van der Waals surface area contributed by atoms with Gasteiger partial charge in [-0.25, -0.2) is 5.14 Å². The summed E-state index contributed by atoms with van der Waals surface area (Å²) in [5.74, 6) is -0.373. The van der Waals surface area contributed by atoms with Gasteiger partial charge in [-0.1, -0.05) is 19.8 Å². The van der Waals surface area contributed by atoms with Crippen molar-refractivity contribution in [2.24, 2.45) is 5.14 Å². The van der Waals surface area contributed by atoms with Crippen molar-refractivity contribution in [2.75, 3.05) is 0 Å². The fourth-order valence-corrected chi connectivity index (χ4v) is 0.982. The summed E-state index contributed by atoms with van der Waals surface area (Å²) in [6, 6.07) is 0. The minimum atomic E-state index is -3.83. The maximum atomic E-state index is 10.9. The number of hydrogen-bond donors (Lipinski definition) is 3. The summed E-state index contributed by atoms with van der Waals surface area (Å²) in [6.45, 7) is 2.01. The predicted octanol–water partition coefficient (Wildman–Crippen LogP) is -0.609. The highest BCUT2D eigenvalue weighted by Crippen LogP contribution is 1.97. The van der Waals surface area contributed by atoms with E-state index in [9.17, 15) is 13.2 Å². The maximum Gasteiger partial charge on any atom is 0.291 e. The molecule has 0 aliphatic rings. The van der Waals surface area contributed by atoms with E-state index in [1.807, 2.05) is 12.3 Å². The zero-order valence-electron chi connectivity index (χ0n) is 7.54. The average Bonchev–Trinajstić information content (AvgIpc) is 2.00. The van der Waals surface area contributed by atoms with Crippen molar-refractivity contribution in [3.8, 4) is 0 Å². The van der Waals surface area contributed by atoms with Crippen LogP contribution in [0.1, 0.15) is 32.6 Å². The highest BCUT2D eigenvalue weighted by molar-refractivity contribution is 7.87. The lowest BCUT2D eigenvalue weighted by atomic mass is 10.2. The summed E-state index contributed by atoms with van der Waals surface area (Å²) in [4.78, 5) is 12.6. The molecule has 4 N–H and O–H groups in total. The minimum Gasteiger partial charge on any atom is -0.277 e. The Morgan fingerprint density at radius 3 is 2.46 bits per heavy atom. The molecule has 78 valence electrons. The fourth-order valence-electron chi connectivity index (χ4n) is 0.726. The van der Waals surface area contributed by atoms with Crippen LogP contribution in [-0.2, 0) is 15.0 Å². The normalized spacial score (nSPS) is 11.2. The molecule has 0 atom stereocenters. The van der Waals surface area contributed by atoms with Gasteiger partial charge in [0.15, 0.2) is 0 Å². The second-order valence-electron chi connectivity index (χ2n) is 2.65. The second-order valence-corrected chi connectivity index (χ2v) is 3.95. The smallest absolute Gasteiger partial charge is 0.277 e. The number of rotatable bonds is 6. The third-order valence-corrected chi connectivity index (χ3v) is 1.73. The van der Waals surface area contributed by atoms with E-state index in [2.05, 4.69) is 5.14 Å². The van der Waals surface area contributed by atoms with Crippen LogP contribution in [-0.4, -0.2) is 14.3 Å². The number of unbranched alkanes of at least 4 members (excludes halogenated alkanes) is 2. The second kappa shape index (κ2) is 5.90. The van der Waals surface area contributed by atoms with Gasteiger partial charge >= 0.3 is 0 Å².